The number of carbonyl (C=O) groups is 1. The maximum absolute atomic E-state index is 12.2. The van der Waals surface area contributed by atoms with Gasteiger partial charge in [0.25, 0.3) is 0 Å². The van der Waals surface area contributed by atoms with Gasteiger partial charge in [-0.15, -0.1) is 0 Å². The molecule has 0 aromatic heterocycles. The van der Waals surface area contributed by atoms with Gasteiger partial charge < -0.3 is 9.47 Å². The van der Waals surface area contributed by atoms with Crippen LogP contribution in [0.3, 0.4) is 0 Å². The zero-order valence-electron chi connectivity index (χ0n) is 9.45. The topological polar surface area (TPSA) is 52.6 Å². The Morgan fingerprint density at radius 3 is 2.33 bits per heavy atom. The average Bonchev–Trinajstić information content (AvgIpc) is 2.40. The molecular weight excluding hydrogens is 391 g/mol. The number of allylic oxidation sites excluding steroid dienone is 1. The Kier molecular flexibility index (Phi) is 3.98. The van der Waals surface area contributed by atoms with Crippen molar-refractivity contribution in [3.8, 4) is 11.5 Å². The van der Waals surface area contributed by atoms with E-state index in [2.05, 4.69) is 0 Å². The minimum atomic E-state index is -1.62. The lowest BCUT2D eigenvalue weighted by Gasteiger charge is -2.19. The number of methoxy groups -OCH3 is 2. The van der Waals surface area contributed by atoms with E-state index >= 15 is 0 Å². The highest BCUT2D eigenvalue weighted by molar-refractivity contribution is 14.1. The molecule has 96 valence electrons. The lowest BCUT2D eigenvalue weighted by atomic mass is 10.1. The molecule has 1 aromatic rings. The molecule has 0 bridgehead atoms. The fraction of sp³-hybridized carbons (Fsp3) is 0.182. The molecule has 0 aliphatic carbocycles. The van der Waals surface area contributed by atoms with Crippen molar-refractivity contribution in [1.29, 1.82) is 0 Å². The van der Waals surface area contributed by atoms with Crippen molar-refractivity contribution in [2.45, 2.75) is 4.90 Å². The van der Waals surface area contributed by atoms with Gasteiger partial charge in [0.15, 0.2) is 0 Å². The van der Waals surface area contributed by atoms with E-state index < -0.39 is 10.8 Å². The Morgan fingerprint density at radius 2 is 1.78 bits per heavy atom. The molecule has 18 heavy (non-hydrogen) atoms. The summed E-state index contributed by atoms with van der Waals surface area (Å²) in [7, 11) is 1.27. The molecular formula is C11H8ClIO4S. The van der Waals surface area contributed by atoms with Gasteiger partial charge in [-0.05, 0) is 34.7 Å². The zero-order chi connectivity index (χ0) is 13.4. The second-order valence-corrected chi connectivity index (χ2v) is 6.39. The van der Waals surface area contributed by atoms with Gasteiger partial charge in [0, 0.05) is 0 Å². The van der Waals surface area contributed by atoms with Crippen molar-refractivity contribution in [2.75, 3.05) is 14.2 Å². The summed E-state index contributed by atoms with van der Waals surface area (Å²) in [4.78, 5) is 12.5. The molecule has 4 nitrogen and oxygen atoms in total. The Labute approximate surface area is 125 Å². The van der Waals surface area contributed by atoms with Crippen LogP contribution in [0.25, 0.3) is 0 Å². The summed E-state index contributed by atoms with van der Waals surface area (Å²) in [5, 5.41) is 0. The molecule has 1 unspecified atom stereocenters. The lowest BCUT2D eigenvalue weighted by molar-refractivity contribution is 0.103. The highest BCUT2D eigenvalue weighted by Gasteiger charge is 2.34. The number of benzene rings is 1. The molecule has 0 fully saturated rings. The summed E-state index contributed by atoms with van der Waals surface area (Å²) in [5.74, 6) is 0.424. The highest BCUT2D eigenvalue weighted by Crippen LogP contribution is 2.43. The normalized spacial score (nSPS) is 18.7. The van der Waals surface area contributed by atoms with Crippen molar-refractivity contribution < 1.29 is 18.5 Å². The first-order chi connectivity index (χ1) is 8.52. The SMILES string of the molecule is COc1ccc(OC)c2c1C(=O)C(I)=C(Cl)S2=O. The smallest absolute Gasteiger partial charge is 0.206 e. The number of halogens is 2. The second-order valence-electron chi connectivity index (χ2n) is 3.36. The first-order valence-corrected chi connectivity index (χ1v) is 7.40. The largest absolute Gasteiger partial charge is 0.496 e. The van der Waals surface area contributed by atoms with Crippen LogP contribution in [0.5, 0.6) is 11.5 Å². The van der Waals surface area contributed by atoms with Crippen LogP contribution in [-0.4, -0.2) is 24.2 Å². The summed E-state index contributed by atoms with van der Waals surface area (Å²) < 4.78 is 22.8. The summed E-state index contributed by atoms with van der Waals surface area (Å²) in [6, 6.07) is 3.21. The number of hydrogen-bond donors (Lipinski definition) is 0. The van der Waals surface area contributed by atoms with Gasteiger partial charge in [-0.1, -0.05) is 11.6 Å². The Balaban J connectivity index is 2.83. The number of ketones is 1. The number of hydrogen-bond acceptors (Lipinski definition) is 4. The van der Waals surface area contributed by atoms with Crippen molar-refractivity contribution >= 4 is 50.8 Å². The van der Waals surface area contributed by atoms with E-state index in [9.17, 15) is 9.00 Å². The van der Waals surface area contributed by atoms with Gasteiger partial charge in [-0.3, -0.25) is 4.79 Å². The molecule has 7 heteroatoms. The number of rotatable bonds is 2. The van der Waals surface area contributed by atoms with Gasteiger partial charge in [-0.25, -0.2) is 4.21 Å². The molecule has 0 spiro atoms. The first kappa shape index (κ1) is 13.8. The maximum Gasteiger partial charge on any atom is 0.206 e. The first-order valence-electron chi connectivity index (χ1n) is 4.79. The molecule has 0 N–H and O–H groups in total. The van der Waals surface area contributed by atoms with E-state index in [0.717, 1.165) is 0 Å². The second kappa shape index (κ2) is 5.18. The predicted octanol–water partition coefficient (Wildman–Crippen LogP) is 2.85. The third kappa shape index (κ3) is 1.96. The van der Waals surface area contributed by atoms with Crippen LogP contribution in [0, 0.1) is 0 Å². The Bertz CT molecular complexity index is 546. The summed E-state index contributed by atoms with van der Waals surface area (Å²) >= 11 is 7.71. The maximum atomic E-state index is 12.2. The molecule has 1 atom stereocenters. The van der Waals surface area contributed by atoms with Crippen LogP contribution < -0.4 is 9.47 Å². The van der Waals surface area contributed by atoms with E-state index in [-0.39, 0.29) is 24.2 Å². The van der Waals surface area contributed by atoms with E-state index in [1.807, 2.05) is 0 Å². The quantitative estimate of drug-likeness (QED) is 0.719. The molecule has 2 rings (SSSR count). The van der Waals surface area contributed by atoms with E-state index in [0.29, 0.717) is 11.5 Å². The predicted molar refractivity (Wildman–Crippen MR) is 77.2 cm³/mol. The monoisotopic (exact) mass is 398 g/mol. The number of ether oxygens (including phenoxy) is 2. The van der Waals surface area contributed by atoms with Gasteiger partial charge in [0.05, 0.1) is 23.4 Å². The van der Waals surface area contributed by atoms with Gasteiger partial charge >= 0.3 is 0 Å². The lowest BCUT2D eigenvalue weighted by Crippen LogP contribution is -2.15. The third-order valence-electron chi connectivity index (χ3n) is 2.47. The van der Waals surface area contributed by atoms with Crippen LogP contribution in [0.2, 0.25) is 0 Å². The molecule has 1 aliphatic rings. The van der Waals surface area contributed by atoms with Gasteiger partial charge in [0.2, 0.25) is 5.78 Å². The molecule has 0 saturated heterocycles. The van der Waals surface area contributed by atoms with Crippen LogP contribution in [0.4, 0.5) is 0 Å². The molecule has 0 radical (unpaired) electrons. The van der Waals surface area contributed by atoms with Crippen LogP contribution in [0.15, 0.2) is 25.0 Å². The fourth-order valence-corrected chi connectivity index (χ4v) is 3.98. The van der Waals surface area contributed by atoms with Crippen molar-refractivity contribution in [3.05, 3.63) is 25.6 Å². The molecule has 0 amide bonds. The number of carbonyl (C=O) groups excluding carboxylic acids is 1. The van der Waals surface area contributed by atoms with Crippen LogP contribution in [-0.2, 0) is 10.8 Å². The summed E-state index contributed by atoms with van der Waals surface area (Å²) in [6.07, 6.45) is 0. The average molecular weight is 399 g/mol. The highest BCUT2D eigenvalue weighted by atomic mass is 127. The minimum absolute atomic E-state index is 0.0275. The number of Topliss-reactive ketones (excluding diaryl/α,β-unsaturated/α-hetero) is 1. The van der Waals surface area contributed by atoms with Crippen LogP contribution in [0.1, 0.15) is 10.4 Å². The third-order valence-corrected chi connectivity index (χ3v) is 6.10. The van der Waals surface area contributed by atoms with E-state index in [1.54, 1.807) is 34.7 Å². The van der Waals surface area contributed by atoms with Crippen LogP contribution >= 0.6 is 34.2 Å². The van der Waals surface area contributed by atoms with E-state index in [4.69, 9.17) is 21.1 Å². The molecule has 1 aliphatic heterocycles. The van der Waals surface area contributed by atoms with Crippen molar-refractivity contribution in [1.82, 2.24) is 0 Å². The molecule has 1 heterocycles. The van der Waals surface area contributed by atoms with Gasteiger partial charge in [0.1, 0.15) is 31.6 Å². The Morgan fingerprint density at radius 1 is 1.22 bits per heavy atom. The van der Waals surface area contributed by atoms with Gasteiger partial charge in [-0.2, -0.15) is 0 Å². The Hall–Kier alpha value is -0.600. The molecule has 0 saturated carbocycles. The summed E-state index contributed by atoms with van der Waals surface area (Å²) in [5.41, 5.74) is 0.254. The molecule has 1 aromatic carbocycles. The fourth-order valence-electron chi connectivity index (χ4n) is 1.65. The van der Waals surface area contributed by atoms with Crippen molar-refractivity contribution in [2.24, 2.45) is 0 Å². The van der Waals surface area contributed by atoms with Crippen molar-refractivity contribution in [3.63, 3.8) is 0 Å². The number of fused-ring (bicyclic) bond motifs is 1. The van der Waals surface area contributed by atoms with E-state index in [1.165, 1.54) is 14.2 Å². The standard InChI is InChI=1S/C11H8ClIO4S/c1-16-5-3-4-6(17-2)10-7(5)9(14)8(13)11(12)18(10)15/h3-4H,1-2H3. The zero-order valence-corrected chi connectivity index (χ0v) is 13.2. The summed E-state index contributed by atoms with van der Waals surface area (Å²) in [6.45, 7) is 0. The minimum Gasteiger partial charge on any atom is -0.496 e.